The number of carbonyl (C=O) groups excluding carboxylic acids is 2. The average Bonchev–Trinajstić information content (AvgIpc) is 3.10. The van der Waals surface area contributed by atoms with Crippen molar-refractivity contribution < 1.29 is 33.3 Å². The molecule has 0 aromatic rings. The Morgan fingerprint density at radius 1 is 1.22 bits per heavy atom. The van der Waals surface area contributed by atoms with Crippen molar-refractivity contribution in [3.63, 3.8) is 0 Å². The molecule has 4 atom stereocenters. The molecule has 1 aliphatic heterocycles. The molecule has 1 unspecified atom stereocenters. The van der Waals surface area contributed by atoms with Gasteiger partial charge in [-0.1, -0.05) is 32.1 Å². The van der Waals surface area contributed by atoms with E-state index in [-0.39, 0.29) is 6.09 Å². The number of alkyl carbamates (subject to hydrolysis) is 1. The molecule has 1 N–H and O–H groups in total. The second-order valence-corrected chi connectivity index (χ2v) is 9.53. The summed E-state index contributed by atoms with van der Waals surface area (Å²) in [6.45, 7) is 9.58. The minimum atomic E-state index is -0.936. The molecule has 1 aliphatic carbocycles. The molecule has 0 spiro atoms. The maximum absolute atomic E-state index is 12.7. The number of hydrogen-bond donors (Lipinski definition) is 1. The third-order valence-corrected chi connectivity index (χ3v) is 5.83. The van der Waals surface area contributed by atoms with E-state index in [0.717, 1.165) is 12.8 Å². The summed E-state index contributed by atoms with van der Waals surface area (Å²) in [6, 6.07) is -0.430. The first kappa shape index (κ1) is 26.7. The Labute approximate surface area is 192 Å². The fraction of sp³-hybridized carbons (Fsp3) is 0.913. The second kappa shape index (κ2) is 12.6. The van der Waals surface area contributed by atoms with Gasteiger partial charge in [-0.05, 0) is 47.0 Å². The third-order valence-electron chi connectivity index (χ3n) is 5.83. The first-order valence-electron chi connectivity index (χ1n) is 11.9. The topological polar surface area (TPSA) is 95.6 Å². The summed E-state index contributed by atoms with van der Waals surface area (Å²) in [5.74, 6) is 0.447. The molecule has 0 bridgehead atoms. The van der Waals surface area contributed by atoms with E-state index in [4.69, 9.17) is 23.7 Å². The molecule has 2 rings (SSSR count). The smallest absolute Gasteiger partial charge is 0.410 e. The molecule has 0 aromatic heterocycles. The minimum absolute atomic E-state index is 0.375. The zero-order valence-corrected chi connectivity index (χ0v) is 20.6. The Balaban J connectivity index is 2.27. The molecule has 186 valence electrons. The molecule has 1 saturated heterocycles. The number of hydrogen-bond acceptors (Lipinski definition) is 7. The number of amides is 2. The monoisotopic (exact) mass is 458 g/mol. The van der Waals surface area contributed by atoms with Crippen LogP contribution >= 0.6 is 0 Å². The molecule has 0 radical (unpaired) electrons. The van der Waals surface area contributed by atoms with Crippen molar-refractivity contribution in [2.24, 2.45) is 5.92 Å². The van der Waals surface area contributed by atoms with Crippen molar-refractivity contribution in [2.45, 2.75) is 103 Å². The van der Waals surface area contributed by atoms with E-state index in [1.807, 2.05) is 34.6 Å². The van der Waals surface area contributed by atoms with Crippen LogP contribution in [0.15, 0.2) is 0 Å². The van der Waals surface area contributed by atoms with E-state index in [1.165, 1.54) is 26.4 Å². The number of nitrogens with zero attached hydrogens (tertiary/aromatic N) is 1. The van der Waals surface area contributed by atoms with Crippen molar-refractivity contribution >= 4 is 12.2 Å². The zero-order valence-electron chi connectivity index (χ0n) is 20.6. The molecule has 9 nitrogen and oxygen atoms in total. The standard InChI is InChI=1S/C23H42N2O7/c1-7-25-15-18(30-21(25)27)19(31-22(28-6)29-8-2)17(14-16-12-10-9-11-13-16)24-20(26)32-23(3,4)5/h16-19,22H,7-15H2,1-6H3,(H,24,26)/t17-,18-,19+,22?/m0/s1. The van der Waals surface area contributed by atoms with Gasteiger partial charge < -0.3 is 33.9 Å². The first-order chi connectivity index (χ1) is 15.2. The average molecular weight is 459 g/mol. The summed E-state index contributed by atoms with van der Waals surface area (Å²) in [4.78, 5) is 26.6. The first-order valence-corrected chi connectivity index (χ1v) is 11.9. The highest BCUT2D eigenvalue weighted by atomic mass is 16.8. The van der Waals surface area contributed by atoms with Crippen LogP contribution in [-0.2, 0) is 23.7 Å². The predicted molar refractivity (Wildman–Crippen MR) is 119 cm³/mol. The highest BCUT2D eigenvalue weighted by molar-refractivity contribution is 5.70. The number of cyclic esters (lactones) is 1. The van der Waals surface area contributed by atoms with Gasteiger partial charge in [0.05, 0.1) is 12.6 Å². The molecule has 32 heavy (non-hydrogen) atoms. The van der Waals surface area contributed by atoms with Gasteiger partial charge in [0, 0.05) is 20.3 Å². The van der Waals surface area contributed by atoms with Crippen LogP contribution < -0.4 is 5.32 Å². The molecule has 2 aliphatic rings. The van der Waals surface area contributed by atoms with Gasteiger partial charge in [-0.25, -0.2) is 9.59 Å². The van der Waals surface area contributed by atoms with Crippen molar-refractivity contribution in [2.75, 3.05) is 26.8 Å². The highest BCUT2D eigenvalue weighted by Gasteiger charge is 2.43. The fourth-order valence-corrected chi connectivity index (χ4v) is 4.35. The summed E-state index contributed by atoms with van der Waals surface area (Å²) in [5.41, 5.74) is -0.630. The minimum Gasteiger partial charge on any atom is -0.444 e. The van der Waals surface area contributed by atoms with Crippen LogP contribution in [0.1, 0.15) is 73.1 Å². The maximum atomic E-state index is 12.7. The van der Waals surface area contributed by atoms with Gasteiger partial charge in [0.2, 0.25) is 0 Å². The predicted octanol–water partition coefficient (Wildman–Crippen LogP) is 4.04. The van der Waals surface area contributed by atoms with Crippen molar-refractivity contribution in [1.82, 2.24) is 10.2 Å². The number of likely N-dealkylation sites (N-methyl/N-ethyl adjacent to an activating group) is 1. The second-order valence-electron chi connectivity index (χ2n) is 9.53. The van der Waals surface area contributed by atoms with Gasteiger partial charge in [0.25, 0.3) is 6.48 Å². The molecule has 2 amide bonds. The lowest BCUT2D eigenvalue weighted by Gasteiger charge is -2.36. The Morgan fingerprint density at radius 3 is 2.44 bits per heavy atom. The molecule has 0 aromatic carbocycles. The summed E-state index contributed by atoms with van der Waals surface area (Å²) in [6.07, 6.45) is 4.38. The van der Waals surface area contributed by atoms with Gasteiger partial charge >= 0.3 is 12.2 Å². The molecule has 2 fully saturated rings. The quantitative estimate of drug-likeness (QED) is 0.467. The number of nitrogens with one attached hydrogen (secondary N) is 1. The Morgan fingerprint density at radius 2 is 1.91 bits per heavy atom. The van der Waals surface area contributed by atoms with E-state index < -0.39 is 36.4 Å². The van der Waals surface area contributed by atoms with Crippen molar-refractivity contribution in [1.29, 1.82) is 0 Å². The molecule has 9 heteroatoms. The molecule has 1 heterocycles. The van der Waals surface area contributed by atoms with Gasteiger partial charge in [0.1, 0.15) is 17.8 Å². The number of rotatable bonds is 11. The SMILES string of the molecule is CCOC(OC)O[C@H]([C@H](CC1CCCCC1)NC(=O)OC(C)(C)C)[C@@H]1CN(CC)C(=O)O1. The lowest BCUT2D eigenvalue weighted by atomic mass is 9.83. The van der Waals surface area contributed by atoms with E-state index >= 15 is 0 Å². The highest BCUT2D eigenvalue weighted by Crippen LogP contribution is 2.31. The van der Waals surface area contributed by atoms with E-state index in [2.05, 4.69) is 5.32 Å². The third kappa shape index (κ3) is 8.41. The Kier molecular flexibility index (Phi) is 10.5. The fourth-order valence-electron chi connectivity index (χ4n) is 4.35. The molecular weight excluding hydrogens is 416 g/mol. The zero-order chi connectivity index (χ0) is 23.7. The van der Waals surface area contributed by atoms with E-state index in [9.17, 15) is 9.59 Å². The summed E-state index contributed by atoms with van der Waals surface area (Å²) >= 11 is 0. The van der Waals surface area contributed by atoms with Crippen LogP contribution in [0, 0.1) is 5.92 Å². The van der Waals surface area contributed by atoms with Crippen LogP contribution in [0.3, 0.4) is 0 Å². The van der Waals surface area contributed by atoms with Crippen LogP contribution in [0.2, 0.25) is 0 Å². The van der Waals surface area contributed by atoms with Gasteiger partial charge in [-0.15, -0.1) is 0 Å². The van der Waals surface area contributed by atoms with Crippen molar-refractivity contribution in [3.05, 3.63) is 0 Å². The van der Waals surface area contributed by atoms with E-state index in [1.54, 1.807) is 4.90 Å². The molecular formula is C23H42N2O7. The largest absolute Gasteiger partial charge is 0.444 e. The number of carbonyl (C=O) groups is 2. The van der Waals surface area contributed by atoms with Gasteiger partial charge in [-0.3, -0.25) is 0 Å². The van der Waals surface area contributed by atoms with Crippen molar-refractivity contribution in [3.8, 4) is 0 Å². The summed E-state index contributed by atoms with van der Waals surface area (Å²) in [5, 5.41) is 3.01. The van der Waals surface area contributed by atoms with Gasteiger partial charge in [0.15, 0.2) is 0 Å². The molecule has 1 saturated carbocycles. The lowest BCUT2D eigenvalue weighted by Crippen LogP contribution is -2.54. The maximum Gasteiger partial charge on any atom is 0.410 e. The summed E-state index contributed by atoms with van der Waals surface area (Å²) < 4.78 is 28.3. The van der Waals surface area contributed by atoms with Crippen LogP contribution in [-0.4, -0.2) is 74.2 Å². The lowest BCUT2D eigenvalue weighted by molar-refractivity contribution is -0.304. The van der Waals surface area contributed by atoms with E-state index in [0.29, 0.717) is 32.0 Å². The summed E-state index contributed by atoms with van der Waals surface area (Å²) in [7, 11) is 1.49. The van der Waals surface area contributed by atoms with Crippen LogP contribution in [0.25, 0.3) is 0 Å². The Hall–Kier alpha value is -1.58. The van der Waals surface area contributed by atoms with Crippen LogP contribution in [0.5, 0.6) is 0 Å². The Bertz CT molecular complexity index is 589. The normalized spacial score (nSPS) is 22.9. The van der Waals surface area contributed by atoms with Crippen LogP contribution in [0.4, 0.5) is 9.59 Å². The number of ether oxygens (including phenoxy) is 5. The number of methoxy groups -OCH3 is 1. The van der Waals surface area contributed by atoms with Gasteiger partial charge in [-0.2, -0.15) is 0 Å².